The summed E-state index contributed by atoms with van der Waals surface area (Å²) in [5.41, 5.74) is 3.04. The zero-order valence-corrected chi connectivity index (χ0v) is 13.2. The van der Waals surface area contributed by atoms with Crippen molar-refractivity contribution in [2.45, 2.75) is 70.0 Å². The SMILES string of the molecule is CC1CCc2ccccc2N1CC1CC2CCCCC2N1. The predicted octanol–water partition coefficient (Wildman–Crippen LogP) is 3.75. The summed E-state index contributed by atoms with van der Waals surface area (Å²) in [5, 5.41) is 3.95. The highest BCUT2D eigenvalue weighted by molar-refractivity contribution is 5.56. The molecule has 0 radical (unpaired) electrons. The van der Waals surface area contributed by atoms with Gasteiger partial charge in [0.1, 0.15) is 0 Å². The Morgan fingerprint density at radius 1 is 1.14 bits per heavy atom. The van der Waals surface area contributed by atoms with E-state index in [0.717, 1.165) is 12.0 Å². The first-order chi connectivity index (χ1) is 10.3. The van der Waals surface area contributed by atoms with Crippen LogP contribution in [0.2, 0.25) is 0 Å². The second-order valence-corrected chi connectivity index (χ2v) is 7.42. The highest BCUT2D eigenvalue weighted by Gasteiger charge is 2.36. The third kappa shape index (κ3) is 2.59. The maximum atomic E-state index is 3.95. The summed E-state index contributed by atoms with van der Waals surface area (Å²) in [6, 6.07) is 11.2. The lowest BCUT2D eigenvalue weighted by atomic mass is 9.85. The highest BCUT2D eigenvalue weighted by Crippen LogP contribution is 2.36. The molecule has 4 unspecified atom stereocenters. The monoisotopic (exact) mass is 284 g/mol. The molecule has 1 aliphatic carbocycles. The Kier molecular flexibility index (Phi) is 3.66. The molecule has 2 fully saturated rings. The van der Waals surface area contributed by atoms with E-state index in [-0.39, 0.29) is 0 Å². The van der Waals surface area contributed by atoms with Crippen LogP contribution in [0.15, 0.2) is 24.3 Å². The van der Waals surface area contributed by atoms with E-state index >= 15 is 0 Å². The van der Waals surface area contributed by atoms with Gasteiger partial charge in [0.2, 0.25) is 0 Å². The summed E-state index contributed by atoms with van der Waals surface area (Å²) in [6.07, 6.45) is 9.71. The van der Waals surface area contributed by atoms with E-state index in [1.54, 1.807) is 5.56 Å². The fraction of sp³-hybridized carbons (Fsp3) is 0.684. The molecule has 4 rings (SSSR count). The Bertz CT molecular complexity index is 484. The quantitative estimate of drug-likeness (QED) is 0.890. The molecule has 1 N–H and O–H groups in total. The number of rotatable bonds is 2. The third-order valence-electron chi connectivity index (χ3n) is 6.03. The zero-order valence-electron chi connectivity index (χ0n) is 13.2. The van der Waals surface area contributed by atoms with E-state index in [9.17, 15) is 0 Å². The molecular weight excluding hydrogens is 256 g/mol. The van der Waals surface area contributed by atoms with Crippen molar-refractivity contribution in [2.75, 3.05) is 11.4 Å². The lowest BCUT2D eigenvalue weighted by Crippen LogP contribution is -2.46. The number of aryl methyl sites for hydroxylation is 1. The molecule has 2 heterocycles. The van der Waals surface area contributed by atoms with Gasteiger partial charge in [0.05, 0.1) is 0 Å². The van der Waals surface area contributed by atoms with Gasteiger partial charge >= 0.3 is 0 Å². The largest absolute Gasteiger partial charge is 0.367 e. The number of hydrogen-bond donors (Lipinski definition) is 1. The zero-order chi connectivity index (χ0) is 14.2. The molecule has 4 atom stereocenters. The average Bonchev–Trinajstić information content (AvgIpc) is 2.92. The van der Waals surface area contributed by atoms with E-state index in [1.165, 1.54) is 57.2 Å². The third-order valence-corrected chi connectivity index (χ3v) is 6.03. The molecule has 0 amide bonds. The first-order valence-electron chi connectivity index (χ1n) is 8.92. The molecular formula is C19H28N2. The molecule has 1 saturated carbocycles. The Balaban J connectivity index is 1.49. The number of fused-ring (bicyclic) bond motifs is 2. The summed E-state index contributed by atoms with van der Waals surface area (Å²) in [4.78, 5) is 2.67. The Morgan fingerprint density at radius 3 is 2.90 bits per heavy atom. The van der Waals surface area contributed by atoms with Crippen molar-refractivity contribution in [1.82, 2.24) is 5.32 Å². The summed E-state index contributed by atoms with van der Waals surface area (Å²) < 4.78 is 0. The molecule has 0 spiro atoms. The molecule has 0 bridgehead atoms. The summed E-state index contributed by atoms with van der Waals surface area (Å²) in [6.45, 7) is 3.60. The maximum absolute atomic E-state index is 3.95. The lowest BCUT2D eigenvalue weighted by molar-refractivity contribution is 0.325. The second kappa shape index (κ2) is 5.64. The summed E-state index contributed by atoms with van der Waals surface area (Å²) in [5.74, 6) is 0.957. The van der Waals surface area contributed by atoms with Crippen LogP contribution < -0.4 is 10.2 Å². The fourth-order valence-corrected chi connectivity index (χ4v) is 4.85. The minimum Gasteiger partial charge on any atom is -0.367 e. The van der Waals surface area contributed by atoms with Gasteiger partial charge in [-0.05, 0) is 56.6 Å². The molecule has 2 nitrogen and oxygen atoms in total. The average molecular weight is 284 g/mol. The molecule has 2 aliphatic heterocycles. The van der Waals surface area contributed by atoms with Crippen molar-refractivity contribution in [2.24, 2.45) is 5.92 Å². The van der Waals surface area contributed by atoms with Crippen molar-refractivity contribution >= 4 is 5.69 Å². The number of anilines is 1. The van der Waals surface area contributed by atoms with Gasteiger partial charge in [-0.2, -0.15) is 0 Å². The van der Waals surface area contributed by atoms with Crippen LogP contribution in [0.5, 0.6) is 0 Å². The molecule has 2 heteroatoms. The molecule has 114 valence electrons. The summed E-state index contributed by atoms with van der Waals surface area (Å²) in [7, 11) is 0. The molecule has 0 aromatic heterocycles. The number of para-hydroxylation sites is 1. The first kappa shape index (κ1) is 13.6. The molecule has 1 aromatic carbocycles. The first-order valence-corrected chi connectivity index (χ1v) is 8.92. The van der Waals surface area contributed by atoms with Gasteiger partial charge in [0, 0.05) is 30.4 Å². The highest BCUT2D eigenvalue weighted by atomic mass is 15.2. The van der Waals surface area contributed by atoms with E-state index in [1.807, 2.05) is 0 Å². The van der Waals surface area contributed by atoms with E-state index in [0.29, 0.717) is 12.1 Å². The van der Waals surface area contributed by atoms with Crippen molar-refractivity contribution in [1.29, 1.82) is 0 Å². The minimum atomic E-state index is 0.685. The van der Waals surface area contributed by atoms with Crippen LogP contribution in [0.4, 0.5) is 5.69 Å². The normalized spacial score (nSPS) is 35.4. The van der Waals surface area contributed by atoms with Gasteiger partial charge in [0.15, 0.2) is 0 Å². The van der Waals surface area contributed by atoms with Gasteiger partial charge in [-0.3, -0.25) is 0 Å². The Morgan fingerprint density at radius 2 is 2.00 bits per heavy atom. The molecule has 1 saturated heterocycles. The van der Waals surface area contributed by atoms with Crippen molar-refractivity contribution in [3.8, 4) is 0 Å². The topological polar surface area (TPSA) is 15.3 Å². The fourth-order valence-electron chi connectivity index (χ4n) is 4.85. The van der Waals surface area contributed by atoms with Gasteiger partial charge in [-0.25, -0.2) is 0 Å². The van der Waals surface area contributed by atoms with Crippen LogP contribution in [-0.2, 0) is 6.42 Å². The number of hydrogen-bond acceptors (Lipinski definition) is 2. The van der Waals surface area contributed by atoms with Crippen molar-refractivity contribution in [3.63, 3.8) is 0 Å². The number of nitrogens with one attached hydrogen (secondary N) is 1. The van der Waals surface area contributed by atoms with Gasteiger partial charge in [0.25, 0.3) is 0 Å². The van der Waals surface area contributed by atoms with Gasteiger partial charge in [-0.1, -0.05) is 31.0 Å². The van der Waals surface area contributed by atoms with Crippen LogP contribution in [0.3, 0.4) is 0 Å². The second-order valence-electron chi connectivity index (χ2n) is 7.42. The number of benzene rings is 1. The Hall–Kier alpha value is -1.02. The van der Waals surface area contributed by atoms with Crippen LogP contribution >= 0.6 is 0 Å². The van der Waals surface area contributed by atoms with Gasteiger partial charge < -0.3 is 10.2 Å². The molecule has 21 heavy (non-hydrogen) atoms. The van der Waals surface area contributed by atoms with Gasteiger partial charge in [-0.15, -0.1) is 0 Å². The minimum absolute atomic E-state index is 0.685. The van der Waals surface area contributed by atoms with Crippen LogP contribution in [-0.4, -0.2) is 24.7 Å². The van der Waals surface area contributed by atoms with E-state index in [2.05, 4.69) is 41.4 Å². The van der Waals surface area contributed by atoms with Crippen molar-refractivity contribution in [3.05, 3.63) is 29.8 Å². The van der Waals surface area contributed by atoms with Crippen molar-refractivity contribution < 1.29 is 0 Å². The lowest BCUT2D eigenvalue weighted by Gasteiger charge is -2.38. The van der Waals surface area contributed by atoms with Crippen LogP contribution in [0, 0.1) is 5.92 Å². The van der Waals surface area contributed by atoms with Crippen LogP contribution in [0.25, 0.3) is 0 Å². The molecule has 3 aliphatic rings. The van der Waals surface area contributed by atoms with E-state index < -0.39 is 0 Å². The standard InChI is InChI=1S/C19H28N2/c1-14-10-11-15-6-3-5-9-19(15)21(14)13-17-12-16-7-2-4-8-18(16)20-17/h3,5-6,9,14,16-18,20H,2,4,7-8,10-13H2,1H3. The Labute approximate surface area is 128 Å². The summed E-state index contributed by atoms with van der Waals surface area (Å²) >= 11 is 0. The van der Waals surface area contributed by atoms with E-state index in [4.69, 9.17) is 0 Å². The van der Waals surface area contributed by atoms with Crippen LogP contribution in [0.1, 0.15) is 51.0 Å². The molecule has 1 aromatic rings. The smallest absolute Gasteiger partial charge is 0.0401 e. The number of nitrogens with zero attached hydrogens (tertiary/aromatic N) is 1. The predicted molar refractivity (Wildman–Crippen MR) is 88.9 cm³/mol. The maximum Gasteiger partial charge on any atom is 0.0401 e.